The maximum Gasteiger partial charge on any atom is 0.319 e. The molecule has 0 aliphatic carbocycles. The number of para-hydroxylation sites is 1. The van der Waals surface area contributed by atoms with E-state index in [2.05, 4.69) is 10.6 Å². The fourth-order valence-electron chi connectivity index (χ4n) is 0.915. The van der Waals surface area contributed by atoms with Gasteiger partial charge < -0.3 is 10.6 Å². The average molecular weight is 191 g/mol. The Morgan fingerprint density at radius 1 is 1.36 bits per heavy atom. The van der Waals surface area contributed by atoms with Crippen molar-refractivity contribution in [2.24, 2.45) is 0 Å². The summed E-state index contributed by atoms with van der Waals surface area (Å²) in [7, 11) is 0. The standard InChI is InChI=1S/C10H11N2O2/c1-8(7-13)11-10(14)12-9-5-3-2-4-6-9/h2-6,8H,1H3,(H2,11,12,14)/t8-/m0/s1. The highest BCUT2D eigenvalue weighted by Crippen LogP contribution is 2.03. The highest BCUT2D eigenvalue weighted by atomic mass is 16.2. The van der Waals surface area contributed by atoms with Crippen molar-refractivity contribution in [3.05, 3.63) is 30.3 Å². The van der Waals surface area contributed by atoms with Crippen LogP contribution in [0.4, 0.5) is 10.5 Å². The van der Waals surface area contributed by atoms with Gasteiger partial charge in [-0.2, -0.15) is 0 Å². The smallest absolute Gasteiger partial charge is 0.319 e. The molecule has 0 saturated heterocycles. The van der Waals surface area contributed by atoms with Gasteiger partial charge in [0.25, 0.3) is 0 Å². The Balaban J connectivity index is 2.46. The summed E-state index contributed by atoms with van der Waals surface area (Å²) in [5.74, 6) is 0. The van der Waals surface area contributed by atoms with Gasteiger partial charge in [-0.1, -0.05) is 18.2 Å². The number of hydrogen-bond donors (Lipinski definition) is 2. The van der Waals surface area contributed by atoms with Crippen molar-refractivity contribution in [3.63, 3.8) is 0 Å². The van der Waals surface area contributed by atoms with Gasteiger partial charge in [-0.15, -0.1) is 0 Å². The van der Waals surface area contributed by atoms with Gasteiger partial charge in [-0.05, 0) is 19.1 Å². The zero-order chi connectivity index (χ0) is 10.4. The van der Waals surface area contributed by atoms with Crippen molar-refractivity contribution in [1.82, 2.24) is 5.32 Å². The highest BCUT2D eigenvalue weighted by Gasteiger charge is 2.05. The minimum atomic E-state index is -0.598. The fourth-order valence-corrected chi connectivity index (χ4v) is 0.915. The number of anilines is 1. The number of amides is 2. The lowest BCUT2D eigenvalue weighted by Crippen LogP contribution is -2.36. The molecule has 2 N–H and O–H groups in total. The first-order valence-corrected chi connectivity index (χ1v) is 4.22. The molecule has 4 nitrogen and oxygen atoms in total. The van der Waals surface area contributed by atoms with Crippen molar-refractivity contribution < 1.29 is 9.59 Å². The topological polar surface area (TPSA) is 58.2 Å². The molecule has 0 saturated carbocycles. The molecule has 0 heterocycles. The Morgan fingerprint density at radius 2 is 2.00 bits per heavy atom. The first kappa shape index (κ1) is 10.2. The molecule has 0 aromatic heterocycles. The summed E-state index contributed by atoms with van der Waals surface area (Å²) in [4.78, 5) is 21.3. The number of urea groups is 1. The average Bonchev–Trinajstić information content (AvgIpc) is 2.19. The van der Waals surface area contributed by atoms with E-state index in [1.165, 1.54) is 0 Å². The molecule has 0 aliphatic rings. The van der Waals surface area contributed by atoms with Crippen LogP contribution in [0.3, 0.4) is 0 Å². The number of nitrogens with one attached hydrogen (secondary N) is 2. The van der Waals surface area contributed by atoms with Gasteiger partial charge >= 0.3 is 6.03 Å². The van der Waals surface area contributed by atoms with E-state index in [0.717, 1.165) is 0 Å². The van der Waals surface area contributed by atoms with Crippen LogP contribution in [0.15, 0.2) is 30.3 Å². The van der Waals surface area contributed by atoms with Crippen LogP contribution in [0.25, 0.3) is 0 Å². The summed E-state index contributed by atoms with van der Waals surface area (Å²) in [6.45, 7) is 1.55. The van der Waals surface area contributed by atoms with Crippen molar-refractivity contribution in [2.45, 2.75) is 13.0 Å². The van der Waals surface area contributed by atoms with Gasteiger partial charge in [0.1, 0.15) is 0 Å². The molecule has 1 aromatic carbocycles. The Morgan fingerprint density at radius 3 is 2.57 bits per heavy atom. The number of benzene rings is 1. The minimum Gasteiger partial charge on any atom is -0.328 e. The zero-order valence-electron chi connectivity index (χ0n) is 7.78. The van der Waals surface area contributed by atoms with Crippen molar-refractivity contribution in [2.75, 3.05) is 5.32 Å². The third kappa shape index (κ3) is 3.26. The third-order valence-corrected chi connectivity index (χ3v) is 1.56. The van der Waals surface area contributed by atoms with E-state index in [0.29, 0.717) is 5.69 Å². The van der Waals surface area contributed by atoms with Gasteiger partial charge in [0, 0.05) is 5.69 Å². The molecule has 0 aliphatic heterocycles. The van der Waals surface area contributed by atoms with Crippen LogP contribution in [-0.2, 0) is 4.79 Å². The molecule has 0 unspecified atom stereocenters. The normalized spacial score (nSPS) is 11.5. The maximum atomic E-state index is 11.2. The predicted molar refractivity (Wildman–Crippen MR) is 53.8 cm³/mol. The van der Waals surface area contributed by atoms with E-state index in [4.69, 9.17) is 0 Å². The van der Waals surface area contributed by atoms with E-state index in [1.807, 2.05) is 18.2 Å². The molecule has 0 bridgehead atoms. The van der Waals surface area contributed by atoms with E-state index < -0.39 is 12.1 Å². The number of rotatable bonds is 3. The molecule has 2 amide bonds. The molecule has 1 rings (SSSR count). The Bertz CT molecular complexity index is 311. The number of carbonyl (C=O) groups is 1. The summed E-state index contributed by atoms with van der Waals surface area (Å²) >= 11 is 0. The first-order chi connectivity index (χ1) is 6.72. The Kier molecular flexibility index (Phi) is 3.67. The van der Waals surface area contributed by atoms with Crippen LogP contribution in [0.5, 0.6) is 0 Å². The lowest BCUT2D eigenvalue weighted by atomic mass is 10.3. The molecule has 0 fully saturated rings. The quantitative estimate of drug-likeness (QED) is 0.756. The van der Waals surface area contributed by atoms with E-state index >= 15 is 0 Å². The molecule has 1 radical (unpaired) electrons. The van der Waals surface area contributed by atoms with Gasteiger partial charge in [0.05, 0.1) is 6.04 Å². The first-order valence-electron chi connectivity index (χ1n) is 4.22. The van der Waals surface area contributed by atoms with E-state index in [-0.39, 0.29) is 0 Å². The lowest BCUT2D eigenvalue weighted by Gasteiger charge is -2.08. The Labute approximate surface area is 82.3 Å². The summed E-state index contributed by atoms with van der Waals surface area (Å²) in [6, 6.07) is 7.98. The molecular formula is C10H11N2O2. The van der Waals surface area contributed by atoms with E-state index in [1.54, 1.807) is 25.3 Å². The van der Waals surface area contributed by atoms with E-state index in [9.17, 15) is 9.59 Å². The van der Waals surface area contributed by atoms with Gasteiger partial charge in [0.2, 0.25) is 6.29 Å². The summed E-state index contributed by atoms with van der Waals surface area (Å²) < 4.78 is 0. The second-order valence-electron chi connectivity index (χ2n) is 2.80. The monoisotopic (exact) mass is 191 g/mol. The van der Waals surface area contributed by atoms with Crippen LogP contribution in [0, 0.1) is 0 Å². The molecule has 4 heteroatoms. The minimum absolute atomic E-state index is 0.410. The maximum absolute atomic E-state index is 11.2. The van der Waals surface area contributed by atoms with Crippen molar-refractivity contribution >= 4 is 18.0 Å². The van der Waals surface area contributed by atoms with Gasteiger partial charge in [-0.25, -0.2) is 4.79 Å². The predicted octanol–water partition coefficient (Wildman–Crippen LogP) is 1.31. The summed E-state index contributed by atoms with van der Waals surface area (Å²) in [6.07, 6.45) is 1.66. The van der Waals surface area contributed by atoms with Crippen LogP contribution in [0.2, 0.25) is 0 Å². The van der Waals surface area contributed by atoms with Gasteiger partial charge in [0.15, 0.2) is 0 Å². The second-order valence-corrected chi connectivity index (χ2v) is 2.80. The summed E-state index contributed by atoms with van der Waals surface area (Å²) in [5, 5.41) is 4.98. The van der Waals surface area contributed by atoms with Crippen LogP contribution in [0.1, 0.15) is 6.92 Å². The van der Waals surface area contributed by atoms with Crippen molar-refractivity contribution in [3.8, 4) is 0 Å². The fraction of sp³-hybridized carbons (Fsp3) is 0.200. The molecule has 1 atom stereocenters. The Hall–Kier alpha value is -1.84. The molecule has 0 spiro atoms. The number of hydrogen-bond acceptors (Lipinski definition) is 2. The van der Waals surface area contributed by atoms with Crippen molar-refractivity contribution in [1.29, 1.82) is 0 Å². The molecular weight excluding hydrogens is 180 g/mol. The van der Waals surface area contributed by atoms with Crippen LogP contribution < -0.4 is 10.6 Å². The summed E-state index contributed by atoms with van der Waals surface area (Å²) in [5.41, 5.74) is 0.683. The third-order valence-electron chi connectivity index (χ3n) is 1.56. The molecule has 1 aromatic rings. The number of carbonyl (C=O) groups excluding carboxylic acids is 2. The highest BCUT2D eigenvalue weighted by molar-refractivity contribution is 5.90. The zero-order valence-corrected chi connectivity index (χ0v) is 7.78. The van der Waals surface area contributed by atoms with Crippen LogP contribution in [-0.4, -0.2) is 18.4 Å². The second kappa shape index (κ2) is 5.01. The van der Waals surface area contributed by atoms with Gasteiger partial charge in [-0.3, -0.25) is 4.79 Å². The molecule has 73 valence electrons. The lowest BCUT2D eigenvalue weighted by molar-refractivity contribution is 0.251. The SMILES string of the molecule is C[C@@H]([C]=O)NC(=O)Nc1ccccc1. The van der Waals surface area contributed by atoms with Crippen LogP contribution >= 0.6 is 0 Å². The molecule has 14 heavy (non-hydrogen) atoms. The largest absolute Gasteiger partial charge is 0.328 e.